The van der Waals surface area contributed by atoms with E-state index in [9.17, 15) is 18.0 Å². The van der Waals surface area contributed by atoms with Gasteiger partial charge in [-0.2, -0.15) is 0 Å². The smallest absolute Gasteiger partial charge is 0.244 e. The van der Waals surface area contributed by atoms with Gasteiger partial charge in [-0.15, -0.1) is 0 Å². The van der Waals surface area contributed by atoms with Crippen molar-refractivity contribution in [2.75, 3.05) is 23.7 Å². The average Bonchev–Trinajstić information content (AvgIpc) is 2.96. The highest BCUT2D eigenvalue weighted by Gasteiger charge is 2.33. The van der Waals surface area contributed by atoms with E-state index in [1.807, 2.05) is 98.8 Å². The summed E-state index contributed by atoms with van der Waals surface area (Å²) >= 11 is 3.50. The third-order valence-electron chi connectivity index (χ3n) is 6.91. The van der Waals surface area contributed by atoms with Crippen molar-refractivity contribution in [1.82, 2.24) is 10.2 Å². The van der Waals surface area contributed by atoms with Crippen LogP contribution in [0, 0.1) is 5.92 Å². The molecule has 7 nitrogen and oxygen atoms in total. The summed E-state index contributed by atoms with van der Waals surface area (Å²) in [5.41, 5.74) is 2.11. The summed E-state index contributed by atoms with van der Waals surface area (Å²) < 4.78 is 28.3. The van der Waals surface area contributed by atoms with E-state index >= 15 is 0 Å². The Morgan fingerprint density at radius 2 is 1.50 bits per heavy atom. The van der Waals surface area contributed by atoms with Crippen LogP contribution in [0.5, 0.6) is 0 Å². The maximum Gasteiger partial charge on any atom is 0.244 e. The fraction of sp³-hybridized carbons (Fsp3) is 0.273. The van der Waals surface area contributed by atoms with Gasteiger partial charge >= 0.3 is 0 Å². The van der Waals surface area contributed by atoms with E-state index in [4.69, 9.17) is 0 Å². The second-order valence-corrected chi connectivity index (χ2v) is 13.6. The minimum Gasteiger partial charge on any atom is -0.354 e. The van der Waals surface area contributed by atoms with Gasteiger partial charge in [-0.1, -0.05) is 109 Å². The third-order valence-corrected chi connectivity index (χ3v) is 8.53. The lowest BCUT2D eigenvalue weighted by Crippen LogP contribution is -2.53. The number of amides is 2. The molecule has 0 saturated heterocycles. The molecule has 0 heterocycles. The molecule has 0 saturated carbocycles. The van der Waals surface area contributed by atoms with E-state index in [0.29, 0.717) is 17.6 Å². The van der Waals surface area contributed by atoms with Crippen LogP contribution in [0.2, 0.25) is 0 Å². The third kappa shape index (κ3) is 8.20. The quantitative estimate of drug-likeness (QED) is 0.211. The minimum atomic E-state index is -3.87. The summed E-state index contributed by atoms with van der Waals surface area (Å²) in [5.74, 6) is -0.548. The number of carbonyl (C=O) groups is 2. The summed E-state index contributed by atoms with van der Waals surface area (Å²) in [5, 5.41) is 4.57. The summed E-state index contributed by atoms with van der Waals surface area (Å²) in [6, 6.07) is 29.0. The van der Waals surface area contributed by atoms with E-state index in [-0.39, 0.29) is 24.8 Å². The second kappa shape index (κ2) is 14.0. The zero-order valence-electron chi connectivity index (χ0n) is 24.0. The molecule has 1 atom stereocenters. The van der Waals surface area contributed by atoms with Crippen LogP contribution in [0.15, 0.2) is 102 Å². The Balaban J connectivity index is 1.77. The molecule has 0 aliphatic heterocycles. The van der Waals surface area contributed by atoms with Crippen molar-refractivity contribution < 1.29 is 18.0 Å². The lowest BCUT2D eigenvalue weighted by molar-refractivity contribution is -0.140. The first kappa shape index (κ1) is 31.3. The molecule has 0 bridgehead atoms. The molecule has 0 fully saturated rings. The first-order chi connectivity index (χ1) is 20.0. The summed E-state index contributed by atoms with van der Waals surface area (Å²) in [6.07, 6.45) is 1.37. The van der Waals surface area contributed by atoms with Crippen molar-refractivity contribution in [3.63, 3.8) is 0 Å². The molecule has 0 aromatic heterocycles. The van der Waals surface area contributed by atoms with Crippen LogP contribution in [0.1, 0.15) is 25.0 Å². The fourth-order valence-corrected chi connectivity index (χ4v) is 6.14. The molecule has 0 unspecified atom stereocenters. The van der Waals surface area contributed by atoms with E-state index in [1.165, 1.54) is 4.90 Å². The first-order valence-corrected chi connectivity index (χ1v) is 16.5. The predicted octanol–water partition coefficient (Wildman–Crippen LogP) is 5.78. The van der Waals surface area contributed by atoms with Crippen molar-refractivity contribution in [2.24, 2.45) is 5.92 Å². The maximum absolute atomic E-state index is 14.3. The van der Waals surface area contributed by atoms with Crippen LogP contribution >= 0.6 is 15.9 Å². The van der Waals surface area contributed by atoms with Crippen LogP contribution in [0.3, 0.4) is 0 Å². The van der Waals surface area contributed by atoms with Gasteiger partial charge < -0.3 is 10.2 Å². The molecule has 4 rings (SSSR count). The van der Waals surface area contributed by atoms with E-state index < -0.39 is 28.5 Å². The molecule has 4 aromatic rings. The predicted molar refractivity (Wildman–Crippen MR) is 173 cm³/mol. The number of fused-ring (bicyclic) bond motifs is 1. The molecule has 9 heteroatoms. The fourth-order valence-electron chi connectivity index (χ4n) is 4.83. The number of nitrogens with one attached hydrogen (secondary N) is 1. The van der Waals surface area contributed by atoms with Crippen LogP contribution in [-0.2, 0) is 32.6 Å². The molecule has 1 N–H and O–H groups in total. The lowest BCUT2D eigenvalue weighted by Gasteiger charge is -2.34. The van der Waals surface area contributed by atoms with Crippen molar-refractivity contribution in [3.05, 3.63) is 113 Å². The highest BCUT2D eigenvalue weighted by atomic mass is 79.9. The zero-order valence-corrected chi connectivity index (χ0v) is 26.4. The Kier molecular flexibility index (Phi) is 10.4. The molecular formula is C33H36BrN3O4S. The number of hydrogen-bond acceptors (Lipinski definition) is 4. The van der Waals surface area contributed by atoms with Crippen molar-refractivity contribution >= 4 is 54.2 Å². The highest BCUT2D eigenvalue weighted by Crippen LogP contribution is 2.29. The number of rotatable bonds is 12. The molecule has 0 radical (unpaired) electrons. The Morgan fingerprint density at radius 1 is 0.857 bits per heavy atom. The number of carbonyl (C=O) groups excluding carboxylic acids is 2. The minimum absolute atomic E-state index is 0.123. The topological polar surface area (TPSA) is 86.8 Å². The van der Waals surface area contributed by atoms with E-state index in [0.717, 1.165) is 31.5 Å². The molecule has 220 valence electrons. The van der Waals surface area contributed by atoms with Gasteiger partial charge in [-0.25, -0.2) is 8.42 Å². The van der Waals surface area contributed by atoms with Gasteiger partial charge in [0.25, 0.3) is 0 Å². The van der Waals surface area contributed by atoms with Crippen LogP contribution in [-0.4, -0.2) is 50.5 Å². The van der Waals surface area contributed by atoms with Gasteiger partial charge in [0, 0.05) is 29.4 Å². The summed E-state index contributed by atoms with van der Waals surface area (Å²) in [7, 11) is -3.87. The Bertz CT molecular complexity index is 1640. The number of hydrogen-bond donors (Lipinski definition) is 1. The van der Waals surface area contributed by atoms with Crippen LogP contribution < -0.4 is 9.62 Å². The van der Waals surface area contributed by atoms with Crippen LogP contribution in [0.25, 0.3) is 10.8 Å². The van der Waals surface area contributed by atoms with Crippen molar-refractivity contribution in [1.29, 1.82) is 0 Å². The maximum atomic E-state index is 14.3. The number of nitrogens with zero attached hydrogens (tertiary/aromatic N) is 2. The SMILES string of the molecule is CC(C)CNC(=O)[C@H](Cc1ccccc1)N(Cc1cccc(Br)c1)C(=O)CN(c1cccc2ccccc12)S(C)(=O)=O. The molecule has 2 amide bonds. The van der Waals surface area contributed by atoms with Gasteiger partial charge in [-0.05, 0) is 40.6 Å². The Hall–Kier alpha value is -3.69. The van der Waals surface area contributed by atoms with E-state index in [2.05, 4.69) is 21.2 Å². The monoisotopic (exact) mass is 649 g/mol. The number of benzene rings is 4. The van der Waals surface area contributed by atoms with Crippen molar-refractivity contribution in [3.8, 4) is 0 Å². The van der Waals surface area contributed by atoms with Gasteiger partial charge in [0.1, 0.15) is 12.6 Å². The van der Waals surface area contributed by atoms with E-state index in [1.54, 1.807) is 12.1 Å². The first-order valence-electron chi connectivity index (χ1n) is 13.8. The summed E-state index contributed by atoms with van der Waals surface area (Å²) in [6.45, 7) is 4.13. The highest BCUT2D eigenvalue weighted by molar-refractivity contribution is 9.10. The van der Waals surface area contributed by atoms with Gasteiger partial charge in [0.2, 0.25) is 21.8 Å². The van der Waals surface area contributed by atoms with Gasteiger partial charge in [-0.3, -0.25) is 13.9 Å². The molecule has 0 aliphatic carbocycles. The Labute approximate surface area is 256 Å². The van der Waals surface area contributed by atoms with Crippen LogP contribution in [0.4, 0.5) is 5.69 Å². The summed E-state index contributed by atoms with van der Waals surface area (Å²) in [4.78, 5) is 29.5. The average molecular weight is 651 g/mol. The molecule has 4 aromatic carbocycles. The largest absolute Gasteiger partial charge is 0.354 e. The molecule has 0 aliphatic rings. The second-order valence-electron chi connectivity index (χ2n) is 10.8. The number of anilines is 1. The number of halogens is 1. The number of sulfonamides is 1. The molecule has 42 heavy (non-hydrogen) atoms. The standard InChI is InChI=1S/C33H36BrN3O4S/c1-24(2)21-35-33(39)31(20-25-11-5-4-6-12-25)36(22-26-13-9-16-28(34)19-26)32(38)23-37(42(3,40)41)30-18-10-15-27-14-7-8-17-29(27)30/h4-19,24,31H,20-23H2,1-3H3,(H,35,39)/t31-/m0/s1. The lowest BCUT2D eigenvalue weighted by atomic mass is 10.0. The normalized spacial score (nSPS) is 12.2. The van der Waals surface area contributed by atoms with Gasteiger partial charge in [0.15, 0.2) is 0 Å². The molecular weight excluding hydrogens is 614 g/mol. The van der Waals surface area contributed by atoms with Gasteiger partial charge in [0.05, 0.1) is 11.9 Å². The zero-order chi connectivity index (χ0) is 30.3. The Morgan fingerprint density at radius 3 is 2.19 bits per heavy atom. The molecule has 0 spiro atoms. The van der Waals surface area contributed by atoms with Crippen molar-refractivity contribution in [2.45, 2.75) is 32.9 Å².